The molecule has 0 aliphatic heterocycles. The van der Waals surface area contributed by atoms with E-state index in [2.05, 4.69) is 9.98 Å². The van der Waals surface area contributed by atoms with E-state index in [1.807, 2.05) is 62.4 Å². The van der Waals surface area contributed by atoms with E-state index in [9.17, 15) is 0 Å². The molecule has 0 amide bonds. The second kappa shape index (κ2) is 7.25. The Hall–Kier alpha value is -3.74. The van der Waals surface area contributed by atoms with Crippen LogP contribution in [0.4, 0.5) is 11.4 Å². The number of hydrogen-bond donors (Lipinski definition) is 5. The number of aryl methyl sites for hydroxylation is 2. The molecular formula is C20H23N6O+. The largest absolute Gasteiger partial charge is 0.456 e. The van der Waals surface area contributed by atoms with E-state index < -0.39 is 0 Å². The maximum absolute atomic E-state index is 6.10. The molecule has 0 atom stereocenters. The molecule has 7 nitrogen and oxygen atoms in total. The molecule has 3 rings (SSSR count). The molecule has 9 N–H and O–H groups in total. The number of nitrogens with zero attached hydrogens (tertiary/aromatic N) is 1. The molecule has 0 spiro atoms. The quantitative estimate of drug-likeness (QED) is 0.348. The van der Waals surface area contributed by atoms with Crippen molar-refractivity contribution in [1.29, 1.82) is 0 Å². The summed E-state index contributed by atoms with van der Waals surface area (Å²) in [5.74, 6) is 1.75. The van der Waals surface area contributed by atoms with Gasteiger partial charge in [0.2, 0.25) is 0 Å². The molecule has 138 valence electrons. The number of benzene rings is 2. The lowest BCUT2D eigenvalue weighted by molar-refractivity contribution is -0.356. The van der Waals surface area contributed by atoms with Gasteiger partial charge < -0.3 is 15.9 Å². The number of nitrogens with one attached hydrogen (secondary N) is 1. The first kappa shape index (κ1) is 18.1. The minimum atomic E-state index is 0.0323. The molecule has 2 aromatic carbocycles. The van der Waals surface area contributed by atoms with Crippen LogP contribution < -0.4 is 27.9 Å². The molecule has 0 aliphatic carbocycles. The summed E-state index contributed by atoms with van der Waals surface area (Å²) in [6.45, 7) is 3.99. The number of nitrogens with two attached hydrogens (primary N) is 4. The summed E-state index contributed by atoms with van der Waals surface area (Å²) < 4.78 is 6.10. The molecular weight excluding hydrogens is 340 g/mol. The van der Waals surface area contributed by atoms with Crippen molar-refractivity contribution >= 4 is 23.3 Å². The molecule has 0 fully saturated rings. The van der Waals surface area contributed by atoms with Gasteiger partial charge in [-0.3, -0.25) is 11.5 Å². The number of rotatable bonds is 4. The standard InChI is InChI=1S/C20H22N6O/c1-11-9-13(25-19(21)22)3-5-15(11)17-7-8-18(27-17)16-6-4-14(10-12(16)2)26-20(23)24/h3-10H,1-2H3,(H4,21,22,25)(H4,23,24,26)/p+1. The van der Waals surface area contributed by atoms with Crippen LogP contribution in [0.5, 0.6) is 0 Å². The summed E-state index contributed by atoms with van der Waals surface area (Å²) in [4.78, 5) is 6.96. The lowest BCUT2D eigenvalue weighted by Crippen LogP contribution is -2.72. The van der Waals surface area contributed by atoms with Gasteiger partial charge in [-0.2, -0.15) is 0 Å². The maximum atomic E-state index is 6.10. The number of hydrogen-bond acceptors (Lipinski definition) is 2. The Morgan fingerprint density at radius 2 is 1.41 bits per heavy atom. The topological polar surface area (TPSA) is 144 Å². The van der Waals surface area contributed by atoms with Crippen LogP contribution in [0.25, 0.3) is 22.6 Å². The van der Waals surface area contributed by atoms with Crippen LogP contribution >= 0.6 is 0 Å². The summed E-state index contributed by atoms with van der Waals surface area (Å²) in [5, 5.41) is 0. The Morgan fingerprint density at radius 3 is 1.93 bits per heavy atom. The highest BCUT2D eigenvalue weighted by molar-refractivity contribution is 5.80. The third kappa shape index (κ3) is 4.09. The molecule has 0 bridgehead atoms. The van der Waals surface area contributed by atoms with Crippen LogP contribution in [0, 0.1) is 13.8 Å². The monoisotopic (exact) mass is 363 g/mol. The zero-order valence-corrected chi connectivity index (χ0v) is 15.3. The zero-order valence-electron chi connectivity index (χ0n) is 15.3. The molecule has 1 aromatic heterocycles. The van der Waals surface area contributed by atoms with Crippen LogP contribution in [0.1, 0.15) is 11.1 Å². The van der Waals surface area contributed by atoms with E-state index >= 15 is 0 Å². The highest BCUT2D eigenvalue weighted by Gasteiger charge is 2.12. The maximum Gasteiger partial charge on any atom is 0.343 e. The van der Waals surface area contributed by atoms with Crippen LogP contribution in [0.15, 0.2) is 57.9 Å². The molecule has 7 heteroatoms. The molecule has 0 unspecified atom stereocenters. The molecule has 0 aliphatic rings. The van der Waals surface area contributed by atoms with E-state index in [1.54, 1.807) is 0 Å². The minimum Gasteiger partial charge on any atom is -0.456 e. The van der Waals surface area contributed by atoms with E-state index in [0.717, 1.165) is 39.5 Å². The van der Waals surface area contributed by atoms with Gasteiger partial charge in [0.25, 0.3) is 0 Å². The Labute approximate surface area is 157 Å². The van der Waals surface area contributed by atoms with E-state index in [1.165, 1.54) is 0 Å². The Balaban J connectivity index is 1.94. The fraction of sp³-hybridized carbons (Fsp3) is 0.100. The van der Waals surface area contributed by atoms with Gasteiger partial charge in [-0.15, -0.1) is 0 Å². The van der Waals surface area contributed by atoms with Crippen LogP contribution in [0.3, 0.4) is 0 Å². The highest BCUT2D eigenvalue weighted by atomic mass is 16.3. The second-order valence-electron chi connectivity index (χ2n) is 6.31. The van der Waals surface area contributed by atoms with Gasteiger partial charge >= 0.3 is 5.96 Å². The molecule has 0 radical (unpaired) electrons. The second-order valence-corrected chi connectivity index (χ2v) is 6.31. The molecule has 0 saturated carbocycles. The first-order chi connectivity index (χ1) is 12.8. The van der Waals surface area contributed by atoms with Crippen molar-refractivity contribution in [2.45, 2.75) is 13.8 Å². The Bertz CT molecular complexity index is 958. The predicted octanol–water partition coefficient (Wildman–Crippen LogP) is 1.12. The Kier molecular flexibility index (Phi) is 4.85. The number of aliphatic imine (C=N–C) groups is 1. The summed E-state index contributed by atoms with van der Waals surface area (Å²) in [7, 11) is 0. The summed E-state index contributed by atoms with van der Waals surface area (Å²) >= 11 is 0. The molecule has 3 aromatic rings. The van der Waals surface area contributed by atoms with Crippen molar-refractivity contribution in [2.24, 2.45) is 27.9 Å². The van der Waals surface area contributed by atoms with Gasteiger partial charge in [0.1, 0.15) is 11.5 Å². The summed E-state index contributed by atoms with van der Waals surface area (Å²) in [5.41, 5.74) is 27.4. The van der Waals surface area contributed by atoms with E-state index in [0.29, 0.717) is 5.69 Å². The summed E-state index contributed by atoms with van der Waals surface area (Å²) in [6.07, 6.45) is 0. The van der Waals surface area contributed by atoms with Crippen molar-refractivity contribution < 1.29 is 9.41 Å². The zero-order chi connectivity index (χ0) is 19.6. The average molecular weight is 363 g/mol. The van der Waals surface area contributed by atoms with Gasteiger partial charge in [0.15, 0.2) is 5.96 Å². The predicted molar refractivity (Wildman–Crippen MR) is 109 cm³/mol. The van der Waals surface area contributed by atoms with Crippen LogP contribution in [-0.4, -0.2) is 11.9 Å². The van der Waals surface area contributed by atoms with E-state index in [4.69, 9.17) is 27.4 Å². The lowest BCUT2D eigenvalue weighted by atomic mass is 10.1. The first-order valence-corrected chi connectivity index (χ1v) is 8.40. The SMILES string of the molecule is Cc1cc(N=C(N)N)ccc1-c1ccc(-c2ccc([NH+]=C(N)N)cc2C)o1. The van der Waals surface area contributed by atoms with Crippen molar-refractivity contribution in [3.8, 4) is 22.6 Å². The van der Waals surface area contributed by atoms with Gasteiger partial charge in [-0.1, -0.05) is 0 Å². The number of furan rings is 1. The summed E-state index contributed by atoms with van der Waals surface area (Å²) in [6, 6.07) is 15.5. The third-order valence-electron chi connectivity index (χ3n) is 4.12. The van der Waals surface area contributed by atoms with Crippen LogP contribution in [0.2, 0.25) is 0 Å². The number of guanidine groups is 2. The van der Waals surface area contributed by atoms with Crippen molar-refractivity contribution in [3.63, 3.8) is 0 Å². The van der Waals surface area contributed by atoms with Gasteiger partial charge in [0, 0.05) is 11.1 Å². The van der Waals surface area contributed by atoms with Crippen molar-refractivity contribution in [1.82, 2.24) is 0 Å². The van der Waals surface area contributed by atoms with Gasteiger partial charge in [0.05, 0.1) is 11.4 Å². The minimum absolute atomic E-state index is 0.0323. The van der Waals surface area contributed by atoms with Crippen molar-refractivity contribution in [2.75, 3.05) is 0 Å². The fourth-order valence-electron chi connectivity index (χ4n) is 2.95. The van der Waals surface area contributed by atoms with E-state index in [-0.39, 0.29) is 11.9 Å². The Morgan fingerprint density at radius 1 is 0.815 bits per heavy atom. The average Bonchev–Trinajstić information content (AvgIpc) is 3.03. The fourth-order valence-corrected chi connectivity index (χ4v) is 2.95. The smallest absolute Gasteiger partial charge is 0.343 e. The molecule has 0 saturated heterocycles. The third-order valence-corrected chi connectivity index (χ3v) is 4.12. The van der Waals surface area contributed by atoms with Crippen molar-refractivity contribution in [3.05, 3.63) is 59.7 Å². The molecule has 27 heavy (non-hydrogen) atoms. The van der Waals surface area contributed by atoms with Crippen LogP contribution in [-0.2, 0) is 0 Å². The molecule has 1 heterocycles. The normalized spacial score (nSPS) is 10.4. The first-order valence-electron chi connectivity index (χ1n) is 8.40. The van der Waals surface area contributed by atoms with Gasteiger partial charge in [-0.25, -0.2) is 9.98 Å². The van der Waals surface area contributed by atoms with Gasteiger partial charge in [-0.05, 0) is 73.5 Å². The highest BCUT2D eigenvalue weighted by Crippen LogP contribution is 2.33. The lowest BCUT2D eigenvalue weighted by Gasteiger charge is -2.06.